The molecular weight excluding hydrogens is 211 g/mol. The summed E-state index contributed by atoms with van der Waals surface area (Å²) in [6.07, 6.45) is -5.16. The van der Waals surface area contributed by atoms with Crippen molar-refractivity contribution in [2.45, 2.75) is 32.4 Å². The van der Waals surface area contributed by atoms with Crippen LogP contribution in [0.1, 0.15) is 13.8 Å². The Morgan fingerprint density at radius 2 is 1.80 bits per heavy atom. The molecular formula is C8H9FO6. The largest absolute Gasteiger partial charge is 0.451 e. The van der Waals surface area contributed by atoms with Gasteiger partial charge in [0.15, 0.2) is 0 Å². The highest BCUT2D eigenvalue weighted by Crippen LogP contribution is 2.23. The molecule has 0 N–H and O–H groups in total. The van der Waals surface area contributed by atoms with E-state index in [2.05, 4.69) is 14.2 Å². The summed E-state index contributed by atoms with van der Waals surface area (Å²) in [6, 6.07) is 0. The van der Waals surface area contributed by atoms with Crippen molar-refractivity contribution >= 4 is 17.9 Å². The number of esters is 3. The second-order valence-corrected chi connectivity index (χ2v) is 2.89. The van der Waals surface area contributed by atoms with Crippen LogP contribution in [0.5, 0.6) is 0 Å². The van der Waals surface area contributed by atoms with E-state index in [1.54, 1.807) is 0 Å². The Labute approximate surface area is 84.3 Å². The van der Waals surface area contributed by atoms with E-state index in [0.717, 1.165) is 13.8 Å². The van der Waals surface area contributed by atoms with Crippen molar-refractivity contribution in [1.29, 1.82) is 0 Å². The second kappa shape index (κ2) is 4.24. The fraction of sp³-hybridized carbons (Fsp3) is 0.625. The summed E-state index contributed by atoms with van der Waals surface area (Å²) in [5.74, 6) is -2.77. The average molecular weight is 220 g/mol. The Bertz CT molecular complexity index is 300. The topological polar surface area (TPSA) is 78.9 Å². The van der Waals surface area contributed by atoms with E-state index >= 15 is 0 Å². The van der Waals surface area contributed by atoms with Crippen LogP contribution in [0.3, 0.4) is 0 Å². The SMILES string of the molecule is CC(=O)O[C@H]1OC(=O)[C@@H](F)[C@H]1OC(C)=O. The van der Waals surface area contributed by atoms with Crippen molar-refractivity contribution < 1.29 is 33.0 Å². The van der Waals surface area contributed by atoms with E-state index < -0.39 is 36.5 Å². The highest BCUT2D eigenvalue weighted by atomic mass is 19.1. The molecule has 7 heteroatoms. The maximum Gasteiger partial charge on any atom is 0.348 e. The van der Waals surface area contributed by atoms with Gasteiger partial charge in [0, 0.05) is 13.8 Å². The number of ether oxygens (including phenoxy) is 3. The summed E-state index contributed by atoms with van der Waals surface area (Å²) in [7, 11) is 0. The number of carbonyl (C=O) groups excluding carboxylic acids is 3. The monoisotopic (exact) mass is 220 g/mol. The fourth-order valence-electron chi connectivity index (χ4n) is 1.08. The zero-order chi connectivity index (χ0) is 11.6. The predicted molar refractivity (Wildman–Crippen MR) is 42.1 cm³/mol. The maximum absolute atomic E-state index is 13.1. The Hall–Kier alpha value is -1.66. The number of hydrogen-bond donors (Lipinski definition) is 0. The first kappa shape index (κ1) is 11.4. The molecule has 0 saturated carbocycles. The molecule has 84 valence electrons. The summed E-state index contributed by atoms with van der Waals surface area (Å²) in [6.45, 7) is 2.10. The molecule has 0 aromatic rings. The summed E-state index contributed by atoms with van der Waals surface area (Å²) >= 11 is 0. The first-order chi connectivity index (χ1) is 6.91. The lowest BCUT2D eigenvalue weighted by atomic mass is 10.2. The van der Waals surface area contributed by atoms with Crippen LogP contribution in [-0.4, -0.2) is 36.5 Å². The number of carbonyl (C=O) groups is 3. The summed E-state index contributed by atoms with van der Waals surface area (Å²) in [5.41, 5.74) is 0. The van der Waals surface area contributed by atoms with Crippen LogP contribution >= 0.6 is 0 Å². The van der Waals surface area contributed by atoms with Gasteiger partial charge >= 0.3 is 17.9 Å². The molecule has 1 aliphatic heterocycles. The molecule has 1 fully saturated rings. The third-order valence-electron chi connectivity index (χ3n) is 1.60. The highest BCUT2D eigenvalue weighted by molar-refractivity contribution is 5.79. The Balaban J connectivity index is 2.72. The molecule has 0 amide bonds. The van der Waals surface area contributed by atoms with Gasteiger partial charge in [-0.1, -0.05) is 0 Å². The minimum Gasteiger partial charge on any atom is -0.451 e. The van der Waals surface area contributed by atoms with Crippen LogP contribution in [-0.2, 0) is 28.6 Å². The van der Waals surface area contributed by atoms with Gasteiger partial charge in [0.25, 0.3) is 6.29 Å². The number of alkyl halides is 1. The average Bonchev–Trinajstić information content (AvgIpc) is 2.31. The molecule has 1 saturated heterocycles. The van der Waals surface area contributed by atoms with Crippen LogP contribution < -0.4 is 0 Å². The third-order valence-corrected chi connectivity index (χ3v) is 1.60. The standard InChI is InChI=1S/C8H9FO6/c1-3(10)13-6-5(9)7(12)15-8(6)14-4(2)11/h5-6,8H,1-2H3/t5-,6+,8-/m0/s1. The number of halogens is 1. The van der Waals surface area contributed by atoms with E-state index in [1.165, 1.54) is 0 Å². The van der Waals surface area contributed by atoms with E-state index in [9.17, 15) is 18.8 Å². The zero-order valence-electron chi connectivity index (χ0n) is 8.06. The van der Waals surface area contributed by atoms with Gasteiger partial charge in [0.05, 0.1) is 0 Å². The first-order valence-corrected chi connectivity index (χ1v) is 4.11. The van der Waals surface area contributed by atoms with Gasteiger partial charge in [-0.2, -0.15) is 0 Å². The molecule has 0 aliphatic carbocycles. The second-order valence-electron chi connectivity index (χ2n) is 2.89. The van der Waals surface area contributed by atoms with E-state index in [0.29, 0.717) is 0 Å². The molecule has 6 nitrogen and oxygen atoms in total. The van der Waals surface area contributed by atoms with Gasteiger partial charge in [0.1, 0.15) is 0 Å². The predicted octanol–water partition coefficient (Wildman–Crippen LogP) is -0.298. The van der Waals surface area contributed by atoms with Crippen molar-refractivity contribution in [1.82, 2.24) is 0 Å². The van der Waals surface area contributed by atoms with Crippen LogP contribution in [0.15, 0.2) is 0 Å². The van der Waals surface area contributed by atoms with Crippen LogP contribution in [0.2, 0.25) is 0 Å². The minimum absolute atomic E-state index is 0.765. The fourth-order valence-corrected chi connectivity index (χ4v) is 1.08. The van der Waals surface area contributed by atoms with Crippen LogP contribution in [0, 0.1) is 0 Å². The van der Waals surface area contributed by atoms with Crippen molar-refractivity contribution in [3.05, 3.63) is 0 Å². The molecule has 1 aliphatic rings. The van der Waals surface area contributed by atoms with E-state index in [4.69, 9.17) is 0 Å². The lowest BCUT2D eigenvalue weighted by Crippen LogP contribution is -2.35. The quantitative estimate of drug-likeness (QED) is 0.594. The Morgan fingerprint density at radius 3 is 2.27 bits per heavy atom. The van der Waals surface area contributed by atoms with Crippen molar-refractivity contribution in [3.8, 4) is 0 Å². The summed E-state index contributed by atoms with van der Waals surface area (Å²) < 4.78 is 26.4. The van der Waals surface area contributed by atoms with E-state index in [1.807, 2.05) is 0 Å². The van der Waals surface area contributed by atoms with Gasteiger partial charge in [-0.3, -0.25) is 9.59 Å². The first-order valence-electron chi connectivity index (χ1n) is 4.11. The molecule has 3 atom stereocenters. The van der Waals surface area contributed by atoms with Gasteiger partial charge in [-0.15, -0.1) is 0 Å². The van der Waals surface area contributed by atoms with E-state index in [-0.39, 0.29) is 0 Å². The lowest BCUT2D eigenvalue weighted by Gasteiger charge is -2.16. The van der Waals surface area contributed by atoms with Gasteiger partial charge in [0.2, 0.25) is 12.3 Å². The zero-order valence-corrected chi connectivity index (χ0v) is 8.06. The molecule has 15 heavy (non-hydrogen) atoms. The molecule has 0 aromatic heterocycles. The molecule has 1 heterocycles. The maximum atomic E-state index is 13.1. The minimum atomic E-state index is -2.13. The molecule has 0 bridgehead atoms. The van der Waals surface area contributed by atoms with Crippen LogP contribution in [0.25, 0.3) is 0 Å². The van der Waals surface area contributed by atoms with Crippen molar-refractivity contribution in [2.75, 3.05) is 0 Å². The van der Waals surface area contributed by atoms with Gasteiger partial charge in [-0.25, -0.2) is 9.18 Å². The summed E-state index contributed by atoms with van der Waals surface area (Å²) in [4.78, 5) is 31.9. The van der Waals surface area contributed by atoms with Crippen LogP contribution in [0.4, 0.5) is 4.39 Å². The van der Waals surface area contributed by atoms with Gasteiger partial charge in [-0.05, 0) is 0 Å². The van der Waals surface area contributed by atoms with Gasteiger partial charge < -0.3 is 14.2 Å². The molecule has 0 radical (unpaired) electrons. The number of cyclic esters (lactones) is 1. The normalized spacial score (nSPS) is 29.5. The van der Waals surface area contributed by atoms with Crippen molar-refractivity contribution in [2.24, 2.45) is 0 Å². The molecule has 0 unspecified atom stereocenters. The molecule has 1 rings (SSSR count). The highest BCUT2D eigenvalue weighted by Gasteiger charge is 2.49. The summed E-state index contributed by atoms with van der Waals surface area (Å²) in [5, 5.41) is 0. The lowest BCUT2D eigenvalue weighted by molar-refractivity contribution is -0.192. The number of hydrogen-bond acceptors (Lipinski definition) is 6. The third kappa shape index (κ3) is 2.64. The number of rotatable bonds is 2. The molecule has 0 spiro atoms. The van der Waals surface area contributed by atoms with Crippen molar-refractivity contribution in [3.63, 3.8) is 0 Å². The smallest absolute Gasteiger partial charge is 0.348 e. The molecule has 0 aromatic carbocycles. The Kier molecular flexibility index (Phi) is 3.23. The Morgan fingerprint density at radius 1 is 1.27 bits per heavy atom.